The minimum Gasteiger partial charge on any atom is -0.352 e. The number of hydrogen-bond donors (Lipinski definition) is 0. The normalized spacial score (nSPS) is 21.3. The van der Waals surface area contributed by atoms with Gasteiger partial charge in [0.05, 0.1) is 0 Å². The number of ether oxygens (including phenoxy) is 2. The van der Waals surface area contributed by atoms with Gasteiger partial charge in [-0.15, -0.1) is 0 Å². The summed E-state index contributed by atoms with van der Waals surface area (Å²) in [6.07, 6.45) is 0.981. The number of methoxy groups -OCH3 is 2. The van der Waals surface area contributed by atoms with E-state index in [0.29, 0.717) is 6.42 Å². The van der Waals surface area contributed by atoms with E-state index in [1.807, 2.05) is 31.2 Å². The van der Waals surface area contributed by atoms with Crippen molar-refractivity contribution in [3.05, 3.63) is 35.4 Å². The smallest absolute Gasteiger partial charge is 0.183 e. The largest absolute Gasteiger partial charge is 0.352 e. The van der Waals surface area contributed by atoms with Crippen molar-refractivity contribution in [2.75, 3.05) is 14.2 Å². The Morgan fingerprint density at radius 3 is 2.08 bits per heavy atom. The van der Waals surface area contributed by atoms with Gasteiger partial charge in [0, 0.05) is 39.0 Å². The van der Waals surface area contributed by atoms with E-state index in [0.717, 1.165) is 11.1 Å². The lowest BCUT2D eigenvalue weighted by atomic mass is 9.75. The molecule has 0 saturated heterocycles. The third kappa shape index (κ3) is 3.97. The molecule has 0 unspecified atom stereocenters. The number of carbonyl (C=O) groups excluding carboxylic acids is 3. The quantitative estimate of drug-likeness (QED) is 0.567. The molecule has 1 aliphatic rings. The van der Waals surface area contributed by atoms with Crippen LogP contribution in [0.15, 0.2) is 24.3 Å². The highest BCUT2D eigenvalue weighted by Crippen LogP contribution is 2.33. The predicted molar refractivity (Wildman–Crippen MR) is 88.6 cm³/mol. The van der Waals surface area contributed by atoms with Gasteiger partial charge in [0.25, 0.3) is 0 Å². The second kappa shape index (κ2) is 8.31. The van der Waals surface area contributed by atoms with Crippen LogP contribution in [0.2, 0.25) is 0 Å². The van der Waals surface area contributed by atoms with Crippen molar-refractivity contribution in [1.29, 1.82) is 0 Å². The van der Waals surface area contributed by atoms with E-state index in [1.54, 1.807) is 14.2 Å². The second-order valence-electron chi connectivity index (χ2n) is 6.16. The van der Waals surface area contributed by atoms with Crippen LogP contribution >= 0.6 is 0 Å². The number of rotatable bonds is 7. The van der Waals surface area contributed by atoms with Crippen LogP contribution in [-0.4, -0.2) is 31.6 Å². The summed E-state index contributed by atoms with van der Waals surface area (Å²) in [7, 11) is 3.13. The molecule has 1 saturated carbocycles. The van der Waals surface area contributed by atoms with E-state index in [2.05, 4.69) is 0 Å². The van der Waals surface area contributed by atoms with Crippen LogP contribution in [0.25, 0.3) is 0 Å². The van der Waals surface area contributed by atoms with E-state index < -0.39 is 12.2 Å². The van der Waals surface area contributed by atoms with E-state index in [1.165, 1.54) is 0 Å². The van der Waals surface area contributed by atoms with Crippen LogP contribution < -0.4 is 0 Å². The van der Waals surface area contributed by atoms with Gasteiger partial charge in [-0.1, -0.05) is 31.2 Å². The Balaban J connectivity index is 2.11. The maximum Gasteiger partial charge on any atom is 0.183 e. The molecule has 0 bridgehead atoms. The first kappa shape index (κ1) is 18.5. The summed E-state index contributed by atoms with van der Waals surface area (Å²) in [4.78, 5) is 36.6. The number of ketones is 3. The third-order valence-corrected chi connectivity index (χ3v) is 4.47. The first-order chi connectivity index (χ1) is 11.5. The Hall–Kier alpha value is -1.85. The van der Waals surface area contributed by atoms with E-state index in [9.17, 15) is 14.4 Å². The summed E-state index contributed by atoms with van der Waals surface area (Å²) in [6, 6.07) is 7.52. The Morgan fingerprint density at radius 2 is 1.62 bits per heavy atom. The molecule has 0 aromatic heterocycles. The summed E-state index contributed by atoms with van der Waals surface area (Å²) in [5.74, 6) is -1.92. The zero-order valence-electron chi connectivity index (χ0n) is 14.4. The Labute approximate surface area is 142 Å². The monoisotopic (exact) mass is 332 g/mol. The number of hydrogen-bond acceptors (Lipinski definition) is 5. The fourth-order valence-electron chi connectivity index (χ4n) is 3.25. The van der Waals surface area contributed by atoms with Crippen LogP contribution in [0.3, 0.4) is 0 Å². The van der Waals surface area contributed by atoms with Crippen LogP contribution in [0.1, 0.15) is 55.9 Å². The van der Waals surface area contributed by atoms with Crippen molar-refractivity contribution in [3.63, 3.8) is 0 Å². The standard InChI is InChI=1S/C19H24O5/c1-4-5-15(20)18-16(21)10-14(11-17(18)22)12-6-8-13(9-7-12)19(23-2)24-3/h6-9,14,18-19H,4-5,10-11H2,1-3H3. The van der Waals surface area contributed by atoms with Crippen LogP contribution in [0.5, 0.6) is 0 Å². The van der Waals surface area contributed by atoms with Gasteiger partial charge in [-0.05, 0) is 17.9 Å². The molecule has 0 atom stereocenters. The first-order valence-corrected chi connectivity index (χ1v) is 8.25. The highest BCUT2D eigenvalue weighted by atomic mass is 16.7. The minimum absolute atomic E-state index is 0.159. The molecule has 130 valence electrons. The van der Waals surface area contributed by atoms with Crippen molar-refractivity contribution in [2.45, 2.75) is 44.8 Å². The molecule has 0 radical (unpaired) electrons. The van der Waals surface area contributed by atoms with Crippen molar-refractivity contribution in [3.8, 4) is 0 Å². The zero-order chi connectivity index (χ0) is 17.7. The molecule has 5 heteroatoms. The summed E-state index contributed by atoms with van der Waals surface area (Å²) < 4.78 is 10.4. The molecule has 1 fully saturated rings. The van der Waals surface area contributed by atoms with Gasteiger partial charge in [0.2, 0.25) is 0 Å². The lowest BCUT2D eigenvalue weighted by Crippen LogP contribution is -2.38. The molecule has 1 aromatic rings. The summed E-state index contributed by atoms with van der Waals surface area (Å²) >= 11 is 0. The topological polar surface area (TPSA) is 69.7 Å². The molecule has 0 spiro atoms. The van der Waals surface area contributed by atoms with Crippen LogP contribution in [0, 0.1) is 5.92 Å². The molecule has 24 heavy (non-hydrogen) atoms. The highest BCUT2D eigenvalue weighted by Gasteiger charge is 2.39. The lowest BCUT2D eigenvalue weighted by Gasteiger charge is -2.26. The number of benzene rings is 1. The minimum atomic E-state index is -1.04. The molecular formula is C19H24O5. The fourth-order valence-corrected chi connectivity index (χ4v) is 3.25. The maximum absolute atomic E-state index is 12.3. The van der Waals surface area contributed by atoms with Gasteiger partial charge in [-0.2, -0.15) is 0 Å². The van der Waals surface area contributed by atoms with Crippen molar-refractivity contribution in [2.24, 2.45) is 5.92 Å². The van der Waals surface area contributed by atoms with Gasteiger partial charge in [0.1, 0.15) is 5.92 Å². The Bertz CT molecular complexity index is 583. The number of carbonyl (C=O) groups is 3. The molecule has 0 amide bonds. The molecule has 2 rings (SSSR count). The molecule has 0 N–H and O–H groups in total. The van der Waals surface area contributed by atoms with Crippen molar-refractivity contribution < 1.29 is 23.9 Å². The summed E-state index contributed by atoms with van der Waals surface area (Å²) in [5.41, 5.74) is 1.79. The third-order valence-electron chi connectivity index (χ3n) is 4.47. The van der Waals surface area contributed by atoms with Gasteiger partial charge in [-0.3, -0.25) is 14.4 Å². The van der Waals surface area contributed by atoms with E-state index in [4.69, 9.17) is 9.47 Å². The summed E-state index contributed by atoms with van der Waals surface area (Å²) in [6.45, 7) is 1.87. The number of Topliss-reactive ketones (excluding diaryl/α,β-unsaturated/α-hetero) is 3. The van der Waals surface area contributed by atoms with Crippen molar-refractivity contribution >= 4 is 17.3 Å². The van der Waals surface area contributed by atoms with E-state index in [-0.39, 0.29) is 42.5 Å². The Kier molecular flexibility index (Phi) is 6.40. The fraction of sp³-hybridized carbons (Fsp3) is 0.526. The summed E-state index contributed by atoms with van der Waals surface area (Å²) in [5, 5.41) is 0. The average molecular weight is 332 g/mol. The van der Waals surface area contributed by atoms with Gasteiger partial charge in [-0.25, -0.2) is 0 Å². The van der Waals surface area contributed by atoms with Gasteiger partial charge in [0.15, 0.2) is 23.6 Å². The van der Waals surface area contributed by atoms with E-state index >= 15 is 0 Å². The first-order valence-electron chi connectivity index (χ1n) is 8.25. The molecule has 1 aliphatic carbocycles. The average Bonchev–Trinajstić information content (AvgIpc) is 2.56. The van der Waals surface area contributed by atoms with Crippen LogP contribution in [-0.2, 0) is 23.9 Å². The van der Waals surface area contributed by atoms with Crippen LogP contribution in [0.4, 0.5) is 0 Å². The molecule has 1 aromatic carbocycles. The van der Waals surface area contributed by atoms with Crippen molar-refractivity contribution in [1.82, 2.24) is 0 Å². The molecule has 0 aliphatic heterocycles. The van der Waals surface area contributed by atoms with Gasteiger partial charge < -0.3 is 9.47 Å². The Morgan fingerprint density at radius 1 is 1.08 bits per heavy atom. The van der Waals surface area contributed by atoms with Gasteiger partial charge >= 0.3 is 0 Å². The molecule has 0 heterocycles. The predicted octanol–water partition coefficient (Wildman–Crippen LogP) is 2.98. The SMILES string of the molecule is CCCC(=O)C1C(=O)CC(c2ccc(C(OC)OC)cc2)CC1=O. The maximum atomic E-state index is 12.3. The second-order valence-corrected chi connectivity index (χ2v) is 6.16. The lowest BCUT2D eigenvalue weighted by molar-refractivity contribution is -0.142. The molecular weight excluding hydrogens is 308 g/mol. The molecule has 5 nitrogen and oxygen atoms in total. The zero-order valence-corrected chi connectivity index (χ0v) is 14.4. The highest BCUT2D eigenvalue weighted by molar-refractivity contribution is 6.20.